The Morgan fingerprint density at radius 2 is 1.75 bits per heavy atom. The van der Waals surface area contributed by atoms with Gasteiger partial charge in [-0.2, -0.15) is 0 Å². The summed E-state index contributed by atoms with van der Waals surface area (Å²) in [5.74, 6) is 0. The molecule has 1 saturated heterocycles. The first-order valence-electron chi connectivity index (χ1n) is 5.02. The number of nitrogens with one attached hydrogen (secondary N) is 1. The van der Waals surface area contributed by atoms with Crippen molar-refractivity contribution >= 4 is 0 Å². The summed E-state index contributed by atoms with van der Waals surface area (Å²) in [5, 5.41) is 3.36. The van der Waals surface area contributed by atoms with E-state index < -0.39 is 0 Å². The second-order valence-electron chi connectivity index (χ2n) is 3.31. The Balaban J connectivity index is 2.18. The lowest BCUT2D eigenvalue weighted by Crippen LogP contribution is -2.48. The van der Waals surface area contributed by atoms with Crippen LogP contribution in [0, 0.1) is 0 Å². The van der Waals surface area contributed by atoms with E-state index in [1.54, 1.807) is 0 Å². The average Bonchev–Trinajstić information content (AvgIpc) is 2.16. The number of nitrogens with zero attached hydrogens (tertiary/aromatic N) is 2. The van der Waals surface area contributed by atoms with Gasteiger partial charge in [-0.05, 0) is 13.1 Å². The molecule has 0 saturated carbocycles. The van der Waals surface area contributed by atoms with E-state index in [2.05, 4.69) is 29.0 Å². The minimum Gasteiger partial charge on any atom is -0.314 e. The lowest BCUT2D eigenvalue weighted by atomic mass is 10.4. The molecule has 0 spiro atoms. The second kappa shape index (κ2) is 5.51. The molecule has 0 amide bonds. The largest absolute Gasteiger partial charge is 0.314 e. The minimum atomic E-state index is 1.15. The summed E-state index contributed by atoms with van der Waals surface area (Å²) in [5.41, 5.74) is 0. The Morgan fingerprint density at radius 3 is 2.25 bits per heavy atom. The van der Waals surface area contributed by atoms with Gasteiger partial charge in [0.2, 0.25) is 0 Å². The van der Waals surface area contributed by atoms with Gasteiger partial charge in [0.25, 0.3) is 0 Å². The first-order chi connectivity index (χ1) is 5.86. The Bertz CT molecular complexity index is 106. The molecule has 1 aliphatic heterocycles. The molecule has 1 N–H and O–H groups in total. The lowest BCUT2D eigenvalue weighted by molar-refractivity contribution is 0.128. The predicted octanol–water partition coefficient (Wildman–Crippen LogP) is 0.191. The summed E-state index contributed by atoms with van der Waals surface area (Å²) in [4.78, 5) is 4.98. The van der Waals surface area contributed by atoms with E-state index in [9.17, 15) is 0 Å². The topological polar surface area (TPSA) is 18.5 Å². The summed E-state index contributed by atoms with van der Waals surface area (Å²) in [7, 11) is 0. The van der Waals surface area contributed by atoms with Crippen LogP contribution >= 0.6 is 0 Å². The lowest BCUT2D eigenvalue weighted by Gasteiger charge is -2.31. The quantitative estimate of drug-likeness (QED) is 0.651. The Hall–Kier alpha value is -0.120. The Labute approximate surface area is 75.7 Å². The molecule has 0 atom stereocenters. The molecule has 0 aromatic rings. The van der Waals surface area contributed by atoms with Crippen LogP contribution < -0.4 is 5.32 Å². The van der Waals surface area contributed by atoms with Gasteiger partial charge in [-0.1, -0.05) is 13.8 Å². The highest BCUT2D eigenvalue weighted by molar-refractivity contribution is 4.67. The normalized spacial score (nSPS) is 20.2. The zero-order valence-corrected chi connectivity index (χ0v) is 8.34. The fourth-order valence-electron chi connectivity index (χ4n) is 1.56. The van der Waals surface area contributed by atoms with Crippen molar-refractivity contribution in [2.75, 3.05) is 45.9 Å². The third-order valence-corrected chi connectivity index (χ3v) is 2.50. The first-order valence-corrected chi connectivity index (χ1v) is 5.02. The molecule has 0 aromatic heterocycles. The van der Waals surface area contributed by atoms with Gasteiger partial charge in [-0.25, -0.2) is 0 Å². The number of hydrogen-bond donors (Lipinski definition) is 1. The van der Waals surface area contributed by atoms with Crippen molar-refractivity contribution in [1.29, 1.82) is 0 Å². The molecule has 1 aliphatic rings. The van der Waals surface area contributed by atoms with Crippen molar-refractivity contribution in [2.24, 2.45) is 0 Å². The van der Waals surface area contributed by atoms with Gasteiger partial charge in [0.1, 0.15) is 0 Å². The predicted molar refractivity (Wildman–Crippen MR) is 52.2 cm³/mol. The molecular weight excluding hydrogens is 150 g/mol. The summed E-state index contributed by atoms with van der Waals surface area (Å²) in [6, 6.07) is 0. The van der Waals surface area contributed by atoms with Crippen LogP contribution in [-0.2, 0) is 0 Å². The highest BCUT2D eigenvalue weighted by Crippen LogP contribution is 1.95. The maximum atomic E-state index is 3.36. The van der Waals surface area contributed by atoms with Crippen molar-refractivity contribution in [3.05, 3.63) is 0 Å². The molecular formula is C9H21N3. The molecule has 1 heterocycles. The van der Waals surface area contributed by atoms with E-state index >= 15 is 0 Å². The number of hydrogen-bond acceptors (Lipinski definition) is 3. The van der Waals surface area contributed by atoms with E-state index in [1.165, 1.54) is 26.2 Å². The van der Waals surface area contributed by atoms with Crippen LogP contribution in [0.5, 0.6) is 0 Å². The van der Waals surface area contributed by atoms with Gasteiger partial charge in [0.15, 0.2) is 0 Å². The maximum Gasteiger partial charge on any atom is 0.0506 e. The van der Waals surface area contributed by atoms with Gasteiger partial charge in [-0.15, -0.1) is 0 Å². The first kappa shape index (κ1) is 9.96. The number of rotatable bonds is 4. The van der Waals surface area contributed by atoms with Gasteiger partial charge >= 0.3 is 0 Å². The van der Waals surface area contributed by atoms with Crippen molar-refractivity contribution < 1.29 is 0 Å². The van der Waals surface area contributed by atoms with Crippen molar-refractivity contribution in [3.63, 3.8) is 0 Å². The molecule has 3 nitrogen and oxygen atoms in total. The zero-order chi connectivity index (χ0) is 8.81. The van der Waals surface area contributed by atoms with Gasteiger partial charge in [0, 0.05) is 26.2 Å². The summed E-state index contributed by atoms with van der Waals surface area (Å²) >= 11 is 0. The van der Waals surface area contributed by atoms with Gasteiger partial charge < -0.3 is 5.32 Å². The highest BCUT2D eigenvalue weighted by atomic mass is 15.3. The summed E-state index contributed by atoms with van der Waals surface area (Å²) < 4.78 is 0. The zero-order valence-electron chi connectivity index (χ0n) is 8.34. The molecule has 1 fully saturated rings. The Morgan fingerprint density at radius 1 is 1.17 bits per heavy atom. The van der Waals surface area contributed by atoms with E-state index in [0.29, 0.717) is 0 Å². The van der Waals surface area contributed by atoms with Gasteiger partial charge in [0.05, 0.1) is 6.67 Å². The Kier molecular flexibility index (Phi) is 4.58. The molecule has 3 heteroatoms. The molecule has 1 rings (SSSR count). The van der Waals surface area contributed by atoms with Crippen LogP contribution in [0.15, 0.2) is 0 Å². The SMILES string of the molecule is CCN(CC)CN1CCNCC1. The fourth-order valence-corrected chi connectivity index (χ4v) is 1.56. The minimum absolute atomic E-state index is 1.15. The molecule has 72 valence electrons. The molecule has 0 aliphatic carbocycles. The smallest absolute Gasteiger partial charge is 0.0506 e. The van der Waals surface area contributed by atoms with Crippen molar-refractivity contribution in [2.45, 2.75) is 13.8 Å². The van der Waals surface area contributed by atoms with Crippen LogP contribution in [0.25, 0.3) is 0 Å². The van der Waals surface area contributed by atoms with Crippen LogP contribution in [-0.4, -0.2) is 55.7 Å². The average molecular weight is 171 g/mol. The highest BCUT2D eigenvalue weighted by Gasteiger charge is 2.11. The van der Waals surface area contributed by atoms with Gasteiger partial charge in [-0.3, -0.25) is 9.80 Å². The summed E-state index contributed by atoms with van der Waals surface area (Å²) in [6.07, 6.45) is 0. The monoisotopic (exact) mass is 171 g/mol. The van der Waals surface area contributed by atoms with Crippen LogP contribution in [0.3, 0.4) is 0 Å². The third-order valence-electron chi connectivity index (χ3n) is 2.50. The third kappa shape index (κ3) is 3.09. The van der Waals surface area contributed by atoms with Crippen LogP contribution in [0.4, 0.5) is 0 Å². The summed E-state index contributed by atoms with van der Waals surface area (Å²) in [6.45, 7) is 12.7. The van der Waals surface area contributed by atoms with E-state index in [-0.39, 0.29) is 0 Å². The van der Waals surface area contributed by atoms with Crippen molar-refractivity contribution in [3.8, 4) is 0 Å². The molecule has 0 radical (unpaired) electrons. The van der Waals surface area contributed by atoms with E-state index in [1.807, 2.05) is 0 Å². The maximum absolute atomic E-state index is 3.36. The van der Waals surface area contributed by atoms with E-state index in [4.69, 9.17) is 0 Å². The van der Waals surface area contributed by atoms with E-state index in [0.717, 1.165) is 19.8 Å². The second-order valence-corrected chi connectivity index (χ2v) is 3.31. The van der Waals surface area contributed by atoms with Crippen LogP contribution in [0.2, 0.25) is 0 Å². The standard InChI is InChI=1S/C9H21N3/c1-3-11(4-2)9-12-7-5-10-6-8-12/h10H,3-9H2,1-2H3. The molecule has 12 heavy (non-hydrogen) atoms. The molecule has 0 unspecified atom stereocenters. The molecule has 0 aromatic carbocycles. The molecule has 0 bridgehead atoms. The van der Waals surface area contributed by atoms with Crippen molar-refractivity contribution in [1.82, 2.24) is 15.1 Å². The number of piperazine rings is 1. The fraction of sp³-hybridized carbons (Fsp3) is 1.00. The van der Waals surface area contributed by atoms with Crippen LogP contribution in [0.1, 0.15) is 13.8 Å².